The second kappa shape index (κ2) is 4.34. The normalized spacial score (nSPS) is 12.8. The summed E-state index contributed by atoms with van der Waals surface area (Å²) < 4.78 is 25.1. The second-order valence-electron chi connectivity index (χ2n) is 3.41. The summed E-state index contributed by atoms with van der Waals surface area (Å²) in [5, 5.41) is 0. The lowest BCUT2D eigenvalue weighted by atomic mass is 10.1. The molecule has 6 heteroatoms. The quantitative estimate of drug-likeness (QED) is 0.662. The Kier molecular flexibility index (Phi) is 4.28. The van der Waals surface area contributed by atoms with Crippen LogP contribution in [0.1, 0.15) is 27.2 Å². The molecular formula is C7H16N2O2S2. The third-order valence-electron chi connectivity index (χ3n) is 1.50. The highest BCUT2D eigenvalue weighted by molar-refractivity contribution is 7.89. The van der Waals surface area contributed by atoms with Crippen LogP contribution >= 0.6 is 12.2 Å². The summed E-state index contributed by atoms with van der Waals surface area (Å²) in [7, 11) is -3.25. The fourth-order valence-electron chi connectivity index (χ4n) is 0.759. The zero-order valence-electron chi connectivity index (χ0n) is 8.12. The molecule has 0 saturated carbocycles. The van der Waals surface area contributed by atoms with E-state index in [4.69, 9.17) is 18.0 Å². The van der Waals surface area contributed by atoms with Gasteiger partial charge in [-0.2, -0.15) is 0 Å². The van der Waals surface area contributed by atoms with Crippen molar-refractivity contribution >= 4 is 27.2 Å². The van der Waals surface area contributed by atoms with E-state index in [9.17, 15) is 8.42 Å². The molecule has 0 heterocycles. The maximum Gasteiger partial charge on any atom is 0.212 e. The van der Waals surface area contributed by atoms with Crippen LogP contribution in [-0.2, 0) is 10.0 Å². The average molecular weight is 224 g/mol. The van der Waals surface area contributed by atoms with Gasteiger partial charge < -0.3 is 5.73 Å². The molecule has 0 aromatic carbocycles. The Balaban J connectivity index is 4.53. The molecule has 0 amide bonds. The number of nitrogens with one attached hydrogen (secondary N) is 1. The summed E-state index contributed by atoms with van der Waals surface area (Å²) in [6.07, 6.45) is 0.572. The number of thiocarbonyl (C=S) groups is 1. The first kappa shape index (κ1) is 12.8. The standard InChI is InChI=1S/C7H16N2O2S2/c1-4-5-13(10,11)9-7(2,3)6(8)12/h9H,4-5H2,1-3H3,(H2,8,12). The Labute approximate surface area is 84.9 Å². The van der Waals surface area contributed by atoms with E-state index in [1.807, 2.05) is 0 Å². The summed E-state index contributed by atoms with van der Waals surface area (Å²) in [6.45, 7) is 5.08. The van der Waals surface area contributed by atoms with E-state index in [2.05, 4.69) is 4.72 Å². The lowest BCUT2D eigenvalue weighted by Gasteiger charge is -2.24. The summed E-state index contributed by atoms with van der Waals surface area (Å²) in [4.78, 5) is 0.146. The van der Waals surface area contributed by atoms with E-state index >= 15 is 0 Å². The van der Waals surface area contributed by atoms with Crippen LogP contribution in [0.4, 0.5) is 0 Å². The predicted octanol–water partition coefficient (Wildman–Crippen LogP) is 0.380. The summed E-state index contributed by atoms with van der Waals surface area (Å²) >= 11 is 4.73. The molecule has 0 atom stereocenters. The third-order valence-corrected chi connectivity index (χ3v) is 3.78. The van der Waals surface area contributed by atoms with Gasteiger partial charge in [-0.1, -0.05) is 19.1 Å². The minimum Gasteiger partial charge on any atom is -0.392 e. The Morgan fingerprint density at radius 1 is 1.54 bits per heavy atom. The SMILES string of the molecule is CCCS(=O)(=O)NC(C)(C)C(N)=S. The number of rotatable bonds is 5. The summed E-state index contributed by atoms with van der Waals surface area (Å²) in [6, 6.07) is 0. The van der Waals surface area contributed by atoms with Gasteiger partial charge in [-0.25, -0.2) is 13.1 Å². The number of hydrogen-bond acceptors (Lipinski definition) is 3. The summed E-state index contributed by atoms with van der Waals surface area (Å²) in [5.74, 6) is 0.0963. The Morgan fingerprint density at radius 3 is 2.31 bits per heavy atom. The smallest absolute Gasteiger partial charge is 0.212 e. The van der Waals surface area contributed by atoms with Crippen LogP contribution in [0.25, 0.3) is 0 Å². The zero-order chi connectivity index (χ0) is 10.7. The van der Waals surface area contributed by atoms with Crippen molar-refractivity contribution in [3.63, 3.8) is 0 Å². The molecule has 13 heavy (non-hydrogen) atoms. The zero-order valence-corrected chi connectivity index (χ0v) is 9.76. The predicted molar refractivity (Wildman–Crippen MR) is 58.1 cm³/mol. The topological polar surface area (TPSA) is 72.2 Å². The lowest BCUT2D eigenvalue weighted by Crippen LogP contribution is -2.52. The van der Waals surface area contributed by atoms with Crippen LogP contribution in [0.2, 0.25) is 0 Å². The molecule has 0 bridgehead atoms. The van der Waals surface area contributed by atoms with Gasteiger partial charge in [-0.15, -0.1) is 0 Å². The molecule has 0 radical (unpaired) electrons. The van der Waals surface area contributed by atoms with E-state index < -0.39 is 15.6 Å². The highest BCUT2D eigenvalue weighted by atomic mass is 32.2. The molecular weight excluding hydrogens is 208 g/mol. The molecule has 0 fully saturated rings. The molecule has 0 aliphatic heterocycles. The molecule has 78 valence electrons. The first-order valence-corrected chi connectivity index (χ1v) is 6.09. The third kappa shape index (κ3) is 4.54. The molecule has 0 rings (SSSR count). The first-order valence-electron chi connectivity index (χ1n) is 4.03. The van der Waals surface area contributed by atoms with Crippen molar-refractivity contribution < 1.29 is 8.42 Å². The van der Waals surface area contributed by atoms with Gasteiger partial charge in [0.25, 0.3) is 0 Å². The van der Waals surface area contributed by atoms with Crippen molar-refractivity contribution in [1.82, 2.24) is 4.72 Å². The van der Waals surface area contributed by atoms with Gasteiger partial charge >= 0.3 is 0 Å². The Morgan fingerprint density at radius 2 is 2.00 bits per heavy atom. The van der Waals surface area contributed by atoms with Gasteiger partial charge in [0.2, 0.25) is 10.0 Å². The lowest BCUT2D eigenvalue weighted by molar-refractivity contribution is 0.545. The van der Waals surface area contributed by atoms with E-state index in [1.54, 1.807) is 20.8 Å². The maximum absolute atomic E-state index is 11.3. The molecule has 0 spiro atoms. The second-order valence-corrected chi connectivity index (χ2v) is 5.69. The minimum atomic E-state index is -3.25. The van der Waals surface area contributed by atoms with Crippen molar-refractivity contribution in [2.45, 2.75) is 32.7 Å². The number of sulfonamides is 1. The maximum atomic E-state index is 11.3. The molecule has 0 aromatic rings. The molecule has 0 aromatic heterocycles. The van der Waals surface area contributed by atoms with Gasteiger partial charge in [-0.3, -0.25) is 0 Å². The van der Waals surface area contributed by atoms with Crippen LogP contribution in [0, 0.1) is 0 Å². The van der Waals surface area contributed by atoms with Gasteiger partial charge in [0.05, 0.1) is 16.3 Å². The minimum absolute atomic E-state index is 0.0963. The van der Waals surface area contributed by atoms with Crippen LogP contribution in [0.5, 0.6) is 0 Å². The van der Waals surface area contributed by atoms with Crippen molar-refractivity contribution in [3.05, 3.63) is 0 Å². The van der Waals surface area contributed by atoms with E-state index in [0.717, 1.165) is 0 Å². The average Bonchev–Trinajstić information content (AvgIpc) is 1.83. The van der Waals surface area contributed by atoms with Crippen molar-refractivity contribution in [3.8, 4) is 0 Å². The van der Waals surface area contributed by atoms with Crippen LogP contribution < -0.4 is 10.5 Å². The first-order chi connectivity index (χ1) is 5.71. The molecule has 0 aliphatic rings. The number of nitrogens with two attached hydrogens (primary N) is 1. The van der Waals surface area contributed by atoms with Gasteiger partial charge in [0, 0.05) is 0 Å². The number of hydrogen-bond donors (Lipinski definition) is 2. The largest absolute Gasteiger partial charge is 0.392 e. The molecule has 4 nitrogen and oxygen atoms in total. The Bertz CT molecular complexity index is 283. The molecule has 3 N–H and O–H groups in total. The molecule has 0 unspecified atom stereocenters. The fourth-order valence-corrected chi connectivity index (χ4v) is 2.40. The van der Waals surface area contributed by atoms with Crippen molar-refractivity contribution in [1.29, 1.82) is 0 Å². The van der Waals surface area contributed by atoms with Crippen LogP contribution in [0.15, 0.2) is 0 Å². The molecule has 0 saturated heterocycles. The molecule has 0 aliphatic carbocycles. The monoisotopic (exact) mass is 224 g/mol. The Hall–Kier alpha value is -0.200. The van der Waals surface area contributed by atoms with Crippen LogP contribution in [0.3, 0.4) is 0 Å². The fraction of sp³-hybridized carbons (Fsp3) is 0.857. The van der Waals surface area contributed by atoms with Gasteiger partial charge in [-0.05, 0) is 20.3 Å². The van der Waals surface area contributed by atoms with Crippen molar-refractivity contribution in [2.24, 2.45) is 5.73 Å². The van der Waals surface area contributed by atoms with E-state index in [1.165, 1.54) is 0 Å². The van der Waals surface area contributed by atoms with E-state index in [0.29, 0.717) is 6.42 Å². The van der Waals surface area contributed by atoms with Gasteiger partial charge in [0.1, 0.15) is 0 Å². The highest BCUT2D eigenvalue weighted by Crippen LogP contribution is 2.05. The highest BCUT2D eigenvalue weighted by Gasteiger charge is 2.26. The van der Waals surface area contributed by atoms with Crippen molar-refractivity contribution in [2.75, 3.05) is 5.75 Å². The van der Waals surface area contributed by atoms with E-state index in [-0.39, 0.29) is 10.7 Å². The van der Waals surface area contributed by atoms with Gasteiger partial charge in [0.15, 0.2) is 0 Å². The summed E-state index contributed by atoms with van der Waals surface area (Å²) in [5.41, 5.74) is 4.53. The van der Waals surface area contributed by atoms with Crippen LogP contribution in [-0.4, -0.2) is 24.7 Å².